The SMILES string of the molecule is O=C1OC(c2ccccc2F)=N/C1=C\c1ccc(OC(=O)c2cccc([N+](=O)[O-])c2)cc1. The lowest BCUT2D eigenvalue weighted by atomic mass is 10.2. The van der Waals surface area contributed by atoms with Gasteiger partial charge in [-0.1, -0.05) is 30.3 Å². The Labute approximate surface area is 180 Å². The van der Waals surface area contributed by atoms with E-state index < -0.39 is 22.7 Å². The molecule has 0 atom stereocenters. The molecule has 9 heteroatoms. The van der Waals surface area contributed by atoms with Gasteiger partial charge in [-0.05, 0) is 42.0 Å². The van der Waals surface area contributed by atoms with Crippen LogP contribution in [0.4, 0.5) is 10.1 Å². The van der Waals surface area contributed by atoms with E-state index in [0.717, 1.165) is 6.07 Å². The number of nitro groups is 1. The minimum Gasteiger partial charge on any atom is -0.423 e. The summed E-state index contributed by atoms with van der Waals surface area (Å²) in [6, 6.07) is 17.1. The molecule has 0 aromatic heterocycles. The van der Waals surface area contributed by atoms with E-state index in [4.69, 9.17) is 9.47 Å². The van der Waals surface area contributed by atoms with Crippen LogP contribution < -0.4 is 4.74 Å². The fourth-order valence-corrected chi connectivity index (χ4v) is 2.86. The molecule has 4 rings (SSSR count). The minimum absolute atomic E-state index is 0.00964. The number of cyclic esters (lactones) is 1. The van der Waals surface area contributed by atoms with Crippen molar-refractivity contribution in [3.8, 4) is 5.75 Å². The number of nitro benzene ring substituents is 1. The molecule has 158 valence electrons. The molecule has 0 radical (unpaired) electrons. The van der Waals surface area contributed by atoms with Crippen LogP contribution in [0.15, 0.2) is 83.5 Å². The van der Waals surface area contributed by atoms with Crippen LogP contribution in [0.1, 0.15) is 21.5 Å². The molecule has 0 unspecified atom stereocenters. The first-order valence-electron chi connectivity index (χ1n) is 9.25. The van der Waals surface area contributed by atoms with Crippen molar-refractivity contribution in [2.75, 3.05) is 0 Å². The predicted octanol–water partition coefficient (Wildman–Crippen LogP) is 4.30. The van der Waals surface area contributed by atoms with Crippen LogP contribution in [-0.2, 0) is 9.53 Å². The molecule has 1 aliphatic heterocycles. The van der Waals surface area contributed by atoms with Gasteiger partial charge in [-0.2, -0.15) is 0 Å². The smallest absolute Gasteiger partial charge is 0.363 e. The average molecular weight is 432 g/mol. The standard InChI is InChI=1S/C23H13FN2O6/c24-19-7-2-1-6-18(19)21-25-20(23(28)32-21)12-14-8-10-17(11-9-14)31-22(27)15-4-3-5-16(13-15)26(29)30/h1-13H/b20-12-. The van der Waals surface area contributed by atoms with Crippen molar-refractivity contribution in [2.45, 2.75) is 0 Å². The molecule has 0 saturated carbocycles. The van der Waals surface area contributed by atoms with E-state index in [0.29, 0.717) is 5.56 Å². The molecule has 0 amide bonds. The molecule has 0 spiro atoms. The van der Waals surface area contributed by atoms with E-state index in [1.165, 1.54) is 54.6 Å². The number of aliphatic imine (C=N–C) groups is 1. The minimum atomic E-state index is -0.752. The van der Waals surface area contributed by atoms with Crippen LogP contribution in [0.2, 0.25) is 0 Å². The molecule has 3 aromatic carbocycles. The summed E-state index contributed by atoms with van der Waals surface area (Å²) in [5, 5.41) is 10.8. The third kappa shape index (κ3) is 4.41. The van der Waals surface area contributed by atoms with Gasteiger partial charge in [-0.15, -0.1) is 0 Å². The second-order valence-corrected chi connectivity index (χ2v) is 6.58. The maximum atomic E-state index is 13.9. The van der Waals surface area contributed by atoms with Crippen molar-refractivity contribution in [3.05, 3.63) is 111 Å². The fourth-order valence-electron chi connectivity index (χ4n) is 2.86. The number of esters is 2. The third-order valence-corrected chi connectivity index (χ3v) is 4.41. The highest BCUT2D eigenvalue weighted by Crippen LogP contribution is 2.22. The van der Waals surface area contributed by atoms with Gasteiger partial charge in [-0.25, -0.2) is 19.0 Å². The summed E-state index contributed by atoms with van der Waals surface area (Å²) in [5.74, 6) is -1.95. The highest BCUT2D eigenvalue weighted by Gasteiger charge is 2.25. The second kappa shape index (κ2) is 8.60. The summed E-state index contributed by atoms with van der Waals surface area (Å²) in [6.07, 6.45) is 1.45. The van der Waals surface area contributed by atoms with Gasteiger partial charge < -0.3 is 9.47 Å². The number of carbonyl (C=O) groups excluding carboxylic acids is 2. The maximum absolute atomic E-state index is 13.9. The molecule has 0 aliphatic carbocycles. The van der Waals surface area contributed by atoms with E-state index in [2.05, 4.69) is 4.99 Å². The quantitative estimate of drug-likeness (QED) is 0.196. The highest BCUT2D eigenvalue weighted by atomic mass is 19.1. The first-order chi connectivity index (χ1) is 15.4. The number of hydrogen-bond donors (Lipinski definition) is 0. The van der Waals surface area contributed by atoms with Crippen molar-refractivity contribution in [2.24, 2.45) is 4.99 Å². The van der Waals surface area contributed by atoms with Gasteiger partial charge >= 0.3 is 11.9 Å². The van der Waals surface area contributed by atoms with Crippen LogP contribution in [0.5, 0.6) is 5.75 Å². The Bertz CT molecular complexity index is 1300. The van der Waals surface area contributed by atoms with Gasteiger partial charge in [0.15, 0.2) is 5.70 Å². The Kier molecular flexibility index (Phi) is 5.54. The molecular formula is C23H13FN2O6. The number of halogens is 1. The molecule has 0 N–H and O–H groups in total. The summed E-state index contributed by atoms with van der Waals surface area (Å²) in [7, 11) is 0. The van der Waals surface area contributed by atoms with Crippen LogP contribution in [-0.4, -0.2) is 22.8 Å². The number of rotatable bonds is 5. The van der Waals surface area contributed by atoms with E-state index >= 15 is 0 Å². The molecule has 32 heavy (non-hydrogen) atoms. The Balaban J connectivity index is 1.49. The third-order valence-electron chi connectivity index (χ3n) is 4.41. The molecule has 1 aliphatic rings. The summed E-state index contributed by atoms with van der Waals surface area (Å²) in [5.41, 5.74) is 0.442. The monoisotopic (exact) mass is 432 g/mol. The van der Waals surface area contributed by atoms with E-state index in [1.807, 2.05) is 0 Å². The summed E-state index contributed by atoms with van der Waals surface area (Å²) in [4.78, 5) is 38.6. The van der Waals surface area contributed by atoms with E-state index in [-0.39, 0.29) is 34.2 Å². The molecule has 3 aromatic rings. The second-order valence-electron chi connectivity index (χ2n) is 6.58. The van der Waals surface area contributed by atoms with Crippen molar-refractivity contribution in [1.29, 1.82) is 0 Å². The maximum Gasteiger partial charge on any atom is 0.363 e. The lowest BCUT2D eigenvalue weighted by molar-refractivity contribution is -0.384. The van der Waals surface area contributed by atoms with Gasteiger partial charge in [0.1, 0.15) is 11.6 Å². The number of hydrogen-bond acceptors (Lipinski definition) is 7. The predicted molar refractivity (Wildman–Crippen MR) is 112 cm³/mol. The largest absolute Gasteiger partial charge is 0.423 e. The van der Waals surface area contributed by atoms with Gasteiger partial charge in [0.2, 0.25) is 5.90 Å². The normalized spacial score (nSPS) is 14.1. The fraction of sp³-hybridized carbons (Fsp3) is 0. The average Bonchev–Trinajstić information content (AvgIpc) is 3.15. The highest BCUT2D eigenvalue weighted by molar-refractivity contribution is 6.12. The summed E-state index contributed by atoms with van der Waals surface area (Å²) >= 11 is 0. The number of carbonyl (C=O) groups is 2. The Morgan fingerprint density at radius 1 is 1.06 bits per heavy atom. The zero-order valence-electron chi connectivity index (χ0n) is 16.2. The lowest BCUT2D eigenvalue weighted by Gasteiger charge is -2.04. The Morgan fingerprint density at radius 2 is 1.81 bits per heavy atom. The number of nitrogens with zero attached hydrogens (tertiary/aromatic N) is 2. The van der Waals surface area contributed by atoms with Crippen LogP contribution in [0, 0.1) is 15.9 Å². The first kappa shape index (κ1) is 20.6. The summed E-state index contributed by atoms with van der Waals surface area (Å²) in [6.45, 7) is 0. The van der Waals surface area contributed by atoms with Gasteiger partial charge in [0.05, 0.1) is 16.1 Å². The van der Waals surface area contributed by atoms with E-state index in [9.17, 15) is 24.1 Å². The van der Waals surface area contributed by atoms with Crippen LogP contribution >= 0.6 is 0 Å². The lowest BCUT2D eigenvalue weighted by Crippen LogP contribution is -2.08. The topological polar surface area (TPSA) is 108 Å². The zero-order valence-corrected chi connectivity index (χ0v) is 16.2. The molecule has 0 bridgehead atoms. The Morgan fingerprint density at radius 3 is 2.53 bits per heavy atom. The van der Waals surface area contributed by atoms with Gasteiger partial charge in [0.25, 0.3) is 5.69 Å². The number of ether oxygens (including phenoxy) is 2. The van der Waals surface area contributed by atoms with Crippen molar-refractivity contribution >= 4 is 29.6 Å². The van der Waals surface area contributed by atoms with Crippen molar-refractivity contribution < 1.29 is 28.4 Å². The number of non-ortho nitro benzene ring substituents is 1. The number of benzene rings is 3. The Hall–Kier alpha value is -4.66. The molecule has 1 heterocycles. The van der Waals surface area contributed by atoms with Gasteiger partial charge in [-0.3, -0.25) is 10.1 Å². The van der Waals surface area contributed by atoms with Crippen LogP contribution in [0.3, 0.4) is 0 Å². The summed E-state index contributed by atoms with van der Waals surface area (Å²) < 4.78 is 24.2. The molecular weight excluding hydrogens is 419 g/mol. The van der Waals surface area contributed by atoms with Gasteiger partial charge in [0, 0.05) is 12.1 Å². The van der Waals surface area contributed by atoms with E-state index in [1.54, 1.807) is 18.2 Å². The molecule has 0 fully saturated rings. The van der Waals surface area contributed by atoms with Crippen LogP contribution in [0.25, 0.3) is 6.08 Å². The molecule has 8 nitrogen and oxygen atoms in total. The van der Waals surface area contributed by atoms with Crippen molar-refractivity contribution in [3.63, 3.8) is 0 Å². The van der Waals surface area contributed by atoms with Crippen molar-refractivity contribution in [1.82, 2.24) is 0 Å². The zero-order chi connectivity index (χ0) is 22.7. The first-order valence-corrected chi connectivity index (χ1v) is 9.25. The molecule has 0 saturated heterocycles.